The van der Waals surface area contributed by atoms with Crippen LogP contribution in [0.4, 0.5) is 0 Å². The second-order valence-corrected chi connectivity index (χ2v) is 4.61. The Kier molecular flexibility index (Phi) is 4.29. The molecule has 18 heavy (non-hydrogen) atoms. The summed E-state index contributed by atoms with van der Waals surface area (Å²) in [5, 5.41) is 0. The van der Waals surface area contributed by atoms with Gasteiger partial charge in [-0.1, -0.05) is 26.0 Å². The van der Waals surface area contributed by atoms with Crippen LogP contribution >= 0.6 is 0 Å². The molecule has 0 unspecified atom stereocenters. The van der Waals surface area contributed by atoms with Crippen molar-refractivity contribution in [2.75, 3.05) is 6.61 Å². The third-order valence-electron chi connectivity index (χ3n) is 2.60. The van der Waals surface area contributed by atoms with Gasteiger partial charge in [-0.3, -0.25) is 4.98 Å². The summed E-state index contributed by atoms with van der Waals surface area (Å²) >= 11 is 0. The van der Waals surface area contributed by atoms with Crippen LogP contribution < -0.4 is 4.74 Å². The van der Waals surface area contributed by atoms with Gasteiger partial charge in [-0.25, -0.2) is 4.98 Å². The molecular formula is C15H18N2O. The van der Waals surface area contributed by atoms with Crippen LogP contribution in [0.1, 0.15) is 20.3 Å². The van der Waals surface area contributed by atoms with Crippen LogP contribution in [0.5, 0.6) is 5.88 Å². The van der Waals surface area contributed by atoms with Gasteiger partial charge in [-0.2, -0.15) is 0 Å². The Morgan fingerprint density at radius 1 is 1.06 bits per heavy atom. The van der Waals surface area contributed by atoms with Crippen molar-refractivity contribution < 1.29 is 4.74 Å². The minimum atomic E-state index is 0.643. The summed E-state index contributed by atoms with van der Waals surface area (Å²) in [7, 11) is 0. The normalized spacial score (nSPS) is 10.6. The van der Waals surface area contributed by atoms with Crippen LogP contribution in [0.2, 0.25) is 0 Å². The molecule has 3 heteroatoms. The van der Waals surface area contributed by atoms with E-state index in [2.05, 4.69) is 23.8 Å². The van der Waals surface area contributed by atoms with E-state index in [4.69, 9.17) is 4.74 Å². The second-order valence-electron chi connectivity index (χ2n) is 4.61. The Morgan fingerprint density at radius 3 is 2.61 bits per heavy atom. The van der Waals surface area contributed by atoms with Crippen molar-refractivity contribution in [2.24, 2.45) is 5.92 Å². The SMILES string of the molecule is CC(C)CCOc1cccc(-c2ccccn2)n1. The first-order chi connectivity index (χ1) is 8.75. The molecule has 0 aliphatic carbocycles. The van der Waals surface area contributed by atoms with Gasteiger partial charge in [0.15, 0.2) is 0 Å². The first-order valence-electron chi connectivity index (χ1n) is 6.27. The van der Waals surface area contributed by atoms with Gasteiger partial charge < -0.3 is 4.74 Å². The summed E-state index contributed by atoms with van der Waals surface area (Å²) < 4.78 is 5.64. The Hall–Kier alpha value is -1.90. The van der Waals surface area contributed by atoms with E-state index in [-0.39, 0.29) is 0 Å². The molecule has 0 aliphatic heterocycles. The van der Waals surface area contributed by atoms with Crippen molar-refractivity contribution in [3.8, 4) is 17.3 Å². The Labute approximate surface area is 108 Å². The van der Waals surface area contributed by atoms with Crippen LogP contribution in [0.3, 0.4) is 0 Å². The fourth-order valence-corrected chi connectivity index (χ4v) is 1.55. The van der Waals surface area contributed by atoms with E-state index in [0.717, 1.165) is 17.8 Å². The fourth-order valence-electron chi connectivity index (χ4n) is 1.55. The van der Waals surface area contributed by atoms with Crippen molar-refractivity contribution >= 4 is 0 Å². The first-order valence-corrected chi connectivity index (χ1v) is 6.27. The summed E-state index contributed by atoms with van der Waals surface area (Å²) in [4.78, 5) is 8.74. The lowest BCUT2D eigenvalue weighted by Crippen LogP contribution is -2.03. The third kappa shape index (κ3) is 3.55. The number of pyridine rings is 2. The summed E-state index contributed by atoms with van der Waals surface area (Å²) in [5.41, 5.74) is 1.71. The molecule has 0 N–H and O–H groups in total. The highest BCUT2D eigenvalue weighted by Crippen LogP contribution is 2.17. The fraction of sp³-hybridized carbons (Fsp3) is 0.333. The monoisotopic (exact) mass is 242 g/mol. The van der Waals surface area contributed by atoms with Gasteiger partial charge in [0.25, 0.3) is 0 Å². The van der Waals surface area contributed by atoms with Crippen molar-refractivity contribution in [3.05, 3.63) is 42.6 Å². The molecule has 0 fully saturated rings. The maximum atomic E-state index is 5.64. The topological polar surface area (TPSA) is 35.0 Å². The molecule has 0 saturated carbocycles. The van der Waals surface area contributed by atoms with E-state index in [9.17, 15) is 0 Å². The average Bonchev–Trinajstić information content (AvgIpc) is 2.40. The molecule has 0 radical (unpaired) electrons. The largest absolute Gasteiger partial charge is 0.478 e. The lowest BCUT2D eigenvalue weighted by Gasteiger charge is -2.08. The van der Waals surface area contributed by atoms with Crippen LogP contribution in [0.25, 0.3) is 11.4 Å². The number of ether oxygens (including phenoxy) is 1. The third-order valence-corrected chi connectivity index (χ3v) is 2.60. The molecule has 94 valence electrons. The highest BCUT2D eigenvalue weighted by atomic mass is 16.5. The molecule has 2 aromatic rings. The van der Waals surface area contributed by atoms with E-state index < -0.39 is 0 Å². The average molecular weight is 242 g/mol. The Morgan fingerprint density at radius 2 is 1.89 bits per heavy atom. The van der Waals surface area contributed by atoms with E-state index in [1.807, 2.05) is 36.4 Å². The summed E-state index contributed by atoms with van der Waals surface area (Å²) in [6.45, 7) is 5.07. The van der Waals surface area contributed by atoms with Gasteiger partial charge >= 0.3 is 0 Å². The van der Waals surface area contributed by atoms with Gasteiger partial charge in [0.1, 0.15) is 0 Å². The lowest BCUT2D eigenvalue weighted by atomic mass is 10.1. The smallest absolute Gasteiger partial charge is 0.213 e. The van der Waals surface area contributed by atoms with Gasteiger partial charge in [0, 0.05) is 12.3 Å². The molecule has 0 atom stereocenters. The maximum absolute atomic E-state index is 5.64. The zero-order valence-corrected chi connectivity index (χ0v) is 10.8. The van der Waals surface area contributed by atoms with Crippen molar-refractivity contribution in [2.45, 2.75) is 20.3 Å². The minimum Gasteiger partial charge on any atom is -0.478 e. The quantitative estimate of drug-likeness (QED) is 0.804. The highest BCUT2D eigenvalue weighted by molar-refractivity contribution is 5.54. The molecule has 0 aliphatic rings. The molecular weight excluding hydrogens is 224 g/mol. The minimum absolute atomic E-state index is 0.643. The van der Waals surface area contributed by atoms with Crippen molar-refractivity contribution in [1.82, 2.24) is 9.97 Å². The number of rotatable bonds is 5. The summed E-state index contributed by atoms with van der Waals surface area (Å²) in [5.74, 6) is 1.31. The molecule has 0 aromatic carbocycles. The maximum Gasteiger partial charge on any atom is 0.213 e. The summed E-state index contributed by atoms with van der Waals surface area (Å²) in [6, 6.07) is 11.6. The van der Waals surface area contributed by atoms with Crippen LogP contribution in [-0.4, -0.2) is 16.6 Å². The summed E-state index contributed by atoms with van der Waals surface area (Å²) in [6.07, 6.45) is 2.80. The predicted molar refractivity (Wildman–Crippen MR) is 72.4 cm³/mol. The van der Waals surface area contributed by atoms with E-state index in [1.54, 1.807) is 6.20 Å². The van der Waals surface area contributed by atoms with Crippen molar-refractivity contribution in [3.63, 3.8) is 0 Å². The Bertz CT molecular complexity index is 483. The number of aromatic nitrogens is 2. The molecule has 0 bridgehead atoms. The Balaban J connectivity index is 2.06. The predicted octanol–water partition coefficient (Wildman–Crippen LogP) is 3.57. The van der Waals surface area contributed by atoms with E-state index in [0.29, 0.717) is 18.4 Å². The van der Waals surface area contributed by atoms with Crippen LogP contribution in [-0.2, 0) is 0 Å². The van der Waals surface area contributed by atoms with Gasteiger partial charge in [-0.15, -0.1) is 0 Å². The van der Waals surface area contributed by atoms with Crippen LogP contribution in [0, 0.1) is 5.92 Å². The molecule has 2 aromatic heterocycles. The molecule has 0 amide bonds. The second kappa shape index (κ2) is 6.15. The molecule has 2 rings (SSSR count). The van der Waals surface area contributed by atoms with Crippen LogP contribution in [0.15, 0.2) is 42.6 Å². The molecule has 3 nitrogen and oxygen atoms in total. The first kappa shape index (κ1) is 12.6. The standard InChI is InChI=1S/C15H18N2O/c1-12(2)9-11-18-15-8-5-7-14(17-15)13-6-3-4-10-16-13/h3-8,10,12H,9,11H2,1-2H3. The molecule has 0 saturated heterocycles. The van der Waals surface area contributed by atoms with E-state index in [1.165, 1.54) is 0 Å². The van der Waals surface area contributed by atoms with Crippen molar-refractivity contribution in [1.29, 1.82) is 0 Å². The van der Waals surface area contributed by atoms with Gasteiger partial charge in [0.05, 0.1) is 18.0 Å². The lowest BCUT2D eigenvalue weighted by molar-refractivity contribution is 0.279. The van der Waals surface area contributed by atoms with Gasteiger partial charge in [0.2, 0.25) is 5.88 Å². The zero-order chi connectivity index (χ0) is 12.8. The van der Waals surface area contributed by atoms with Gasteiger partial charge in [-0.05, 0) is 30.5 Å². The van der Waals surface area contributed by atoms with E-state index >= 15 is 0 Å². The zero-order valence-electron chi connectivity index (χ0n) is 10.8. The number of hydrogen-bond donors (Lipinski definition) is 0. The molecule has 2 heterocycles. The molecule has 0 spiro atoms. The highest BCUT2D eigenvalue weighted by Gasteiger charge is 2.02. The number of nitrogens with zero attached hydrogens (tertiary/aromatic N) is 2. The number of hydrogen-bond acceptors (Lipinski definition) is 3.